The van der Waals surface area contributed by atoms with Gasteiger partial charge in [0.05, 0.1) is 23.1 Å². The van der Waals surface area contributed by atoms with Crippen molar-refractivity contribution in [3.05, 3.63) is 86.5 Å². The van der Waals surface area contributed by atoms with Gasteiger partial charge in [-0.1, -0.05) is 12.1 Å². The lowest BCUT2D eigenvalue weighted by atomic mass is 9.93. The molecule has 6 nitrogen and oxygen atoms in total. The number of hydrogen-bond acceptors (Lipinski definition) is 6. The Bertz CT molecular complexity index is 1310. The smallest absolute Gasteiger partial charge is 0.262 e. The molecule has 0 saturated heterocycles. The average molecular weight is 450 g/mol. The van der Waals surface area contributed by atoms with Crippen LogP contribution in [0.5, 0.6) is 0 Å². The minimum Gasteiger partial charge on any atom is -0.308 e. The molecule has 1 aliphatic rings. The van der Waals surface area contributed by atoms with Gasteiger partial charge >= 0.3 is 0 Å². The summed E-state index contributed by atoms with van der Waals surface area (Å²) in [7, 11) is 0. The summed E-state index contributed by atoms with van der Waals surface area (Å²) in [5, 5.41) is 4.34. The molecule has 1 atom stereocenters. The molecule has 0 saturated carbocycles. The summed E-state index contributed by atoms with van der Waals surface area (Å²) >= 11 is 1.62. The normalized spacial score (nSPS) is 15.8. The van der Waals surface area contributed by atoms with Crippen LogP contribution in [0.15, 0.2) is 47.8 Å². The maximum Gasteiger partial charge on any atom is 0.262 e. The number of benzene rings is 1. The minimum absolute atomic E-state index is 0.00485. The van der Waals surface area contributed by atoms with Gasteiger partial charge in [-0.25, -0.2) is 9.37 Å². The molecule has 0 unspecified atom stereocenters. The highest BCUT2D eigenvalue weighted by Crippen LogP contribution is 2.33. The monoisotopic (exact) mass is 449 g/mol. The van der Waals surface area contributed by atoms with E-state index >= 15 is 0 Å². The van der Waals surface area contributed by atoms with E-state index in [1.807, 2.05) is 19.2 Å². The third-order valence-electron chi connectivity index (χ3n) is 5.97. The average Bonchev–Trinajstić information content (AvgIpc) is 3.17. The third-order valence-corrected chi connectivity index (χ3v) is 7.13. The summed E-state index contributed by atoms with van der Waals surface area (Å²) < 4.78 is 15.1. The van der Waals surface area contributed by atoms with Gasteiger partial charge in [-0.05, 0) is 55.9 Å². The summed E-state index contributed by atoms with van der Waals surface area (Å²) in [6, 6.07) is 6.85. The quantitative estimate of drug-likeness (QED) is 0.487. The lowest BCUT2D eigenvalue weighted by molar-refractivity contribution is 0.459. The van der Waals surface area contributed by atoms with Gasteiger partial charge in [-0.3, -0.25) is 19.3 Å². The Hall–Kier alpha value is -2.97. The molecule has 0 fully saturated rings. The summed E-state index contributed by atoms with van der Waals surface area (Å²) in [5.41, 5.74) is 3.87. The van der Waals surface area contributed by atoms with Crippen LogP contribution in [0.2, 0.25) is 0 Å². The maximum atomic E-state index is 13.4. The van der Waals surface area contributed by atoms with Crippen LogP contribution < -0.4 is 10.9 Å². The molecule has 32 heavy (non-hydrogen) atoms. The molecular formula is C24H24FN5OS. The van der Waals surface area contributed by atoms with Crippen molar-refractivity contribution in [3.63, 3.8) is 0 Å². The summed E-state index contributed by atoms with van der Waals surface area (Å²) in [5.74, 6) is -0.257. The van der Waals surface area contributed by atoms with Crippen LogP contribution in [-0.4, -0.2) is 25.6 Å². The first kappa shape index (κ1) is 20.9. The number of hydrogen-bond donors (Lipinski definition) is 1. The van der Waals surface area contributed by atoms with Crippen LogP contribution >= 0.6 is 11.3 Å². The van der Waals surface area contributed by atoms with Gasteiger partial charge in [0, 0.05) is 36.4 Å². The van der Waals surface area contributed by atoms with Gasteiger partial charge in [-0.15, -0.1) is 11.3 Å². The predicted octanol–water partition coefficient (Wildman–Crippen LogP) is 3.59. The molecule has 3 heterocycles. The Balaban J connectivity index is 1.31. The van der Waals surface area contributed by atoms with Crippen LogP contribution in [0, 0.1) is 12.7 Å². The Morgan fingerprint density at radius 2 is 2.16 bits per heavy atom. The van der Waals surface area contributed by atoms with Gasteiger partial charge in [0.2, 0.25) is 0 Å². The van der Waals surface area contributed by atoms with Gasteiger partial charge in [-0.2, -0.15) is 0 Å². The maximum absolute atomic E-state index is 13.4. The largest absolute Gasteiger partial charge is 0.308 e. The molecule has 4 aromatic rings. The molecule has 1 aromatic carbocycles. The van der Waals surface area contributed by atoms with Crippen LogP contribution in [0.3, 0.4) is 0 Å². The van der Waals surface area contributed by atoms with Crippen LogP contribution in [0.4, 0.5) is 4.39 Å². The van der Waals surface area contributed by atoms with Crippen molar-refractivity contribution >= 4 is 21.6 Å². The lowest BCUT2D eigenvalue weighted by Gasteiger charge is -2.23. The van der Waals surface area contributed by atoms with E-state index in [0.29, 0.717) is 25.6 Å². The standard InChI is InChI=1S/C24H24FN5OS/c1-15-11-27-19(12-26-15)13-28-18-5-6-20-21(10-18)32-23-22(20)24(31)30(14-29-23)8-7-16-3-2-4-17(25)9-16/h2-4,9,11-12,14,18,28H,5-8,10,13H2,1H3/t18-/m1/s1. The summed E-state index contributed by atoms with van der Waals surface area (Å²) in [4.78, 5) is 28.5. The van der Waals surface area contributed by atoms with Gasteiger partial charge in [0.25, 0.3) is 5.56 Å². The molecule has 0 spiro atoms. The van der Waals surface area contributed by atoms with Gasteiger partial charge in [0.15, 0.2) is 0 Å². The molecule has 0 radical (unpaired) electrons. The molecule has 164 valence electrons. The zero-order valence-corrected chi connectivity index (χ0v) is 18.7. The Kier molecular flexibility index (Phi) is 5.80. The molecule has 0 amide bonds. The fraction of sp³-hybridized carbons (Fsp3) is 0.333. The minimum atomic E-state index is -0.257. The lowest BCUT2D eigenvalue weighted by Crippen LogP contribution is -2.34. The first-order chi connectivity index (χ1) is 15.6. The highest BCUT2D eigenvalue weighted by Gasteiger charge is 2.25. The van der Waals surface area contributed by atoms with E-state index in [1.54, 1.807) is 34.5 Å². The second-order valence-electron chi connectivity index (χ2n) is 8.28. The Morgan fingerprint density at radius 1 is 1.25 bits per heavy atom. The van der Waals surface area contributed by atoms with E-state index in [4.69, 9.17) is 0 Å². The van der Waals surface area contributed by atoms with E-state index < -0.39 is 0 Å². The van der Waals surface area contributed by atoms with E-state index in [9.17, 15) is 9.18 Å². The first-order valence-electron chi connectivity index (χ1n) is 10.8. The van der Waals surface area contributed by atoms with Crippen LogP contribution in [0.1, 0.15) is 33.8 Å². The first-order valence-corrected chi connectivity index (χ1v) is 11.6. The van der Waals surface area contributed by atoms with E-state index in [-0.39, 0.29) is 11.4 Å². The van der Waals surface area contributed by atoms with E-state index in [1.165, 1.54) is 17.0 Å². The van der Waals surface area contributed by atoms with Crippen molar-refractivity contribution in [3.8, 4) is 0 Å². The predicted molar refractivity (Wildman–Crippen MR) is 123 cm³/mol. The number of aryl methyl sites for hydroxylation is 4. The summed E-state index contributed by atoms with van der Waals surface area (Å²) in [6.07, 6.45) is 8.52. The van der Waals surface area contributed by atoms with Crippen molar-refractivity contribution in [1.29, 1.82) is 0 Å². The highest BCUT2D eigenvalue weighted by molar-refractivity contribution is 7.18. The number of halogens is 1. The Morgan fingerprint density at radius 3 is 2.97 bits per heavy atom. The van der Waals surface area contributed by atoms with Crippen molar-refractivity contribution in [2.75, 3.05) is 0 Å². The number of aromatic nitrogens is 4. The van der Waals surface area contributed by atoms with Crippen molar-refractivity contribution in [2.24, 2.45) is 0 Å². The van der Waals surface area contributed by atoms with Crippen LogP contribution in [-0.2, 0) is 32.4 Å². The number of fused-ring (bicyclic) bond motifs is 3. The second-order valence-corrected chi connectivity index (χ2v) is 9.36. The molecule has 1 N–H and O–H groups in total. The number of rotatable bonds is 6. The number of nitrogens with one attached hydrogen (secondary N) is 1. The van der Waals surface area contributed by atoms with E-state index in [0.717, 1.165) is 52.0 Å². The number of nitrogens with zero attached hydrogens (tertiary/aromatic N) is 4. The molecular weight excluding hydrogens is 425 g/mol. The molecule has 5 rings (SSSR count). The third kappa shape index (κ3) is 4.33. The molecule has 0 bridgehead atoms. The summed E-state index contributed by atoms with van der Waals surface area (Å²) in [6.45, 7) is 3.10. The number of thiophene rings is 1. The second kappa shape index (κ2) is 8.88. The van der Waals surface area contributed by atoms with E-state index in [2.05, 4.69) is 20.3 Å². The SMILES string of the molecule is Cc1cnc(CN[C@@H]2CCc3c(sc4ncn(CCc5cccc(F)c5)c(=O)c34)C2)cn1. The van der Waals surface area contributed by atoms with Gasteiger partial charge < -0.3 is 5.32 Å². The van der Waals surface area contributed by atoms with Gasteiger partial charge in [0.1, 0.15) is 10.6 Å². The van der Waals surface area contributed by atoms with Crippen molar-refractivity contribution in [2.45, 2.75) is 51.7 Å². The molecule has 3 aromatic heterocycles. The van der Waals surface area contributed by atoms with Crippen LogP contribution in [0.25, 0.3) is 10.2 Å². The molecule has 0 aliphatic heterocycles. The Labute approximate surface area is 189 Å². The fourth-order valence-corrected chi connectivity index (χ4v) is 5.49. The molecule has 1 aliphatic carbocycles. The van der Waals surface area contributed by atoms with Crippen molar-refractivity contribution in [1.82, 2.24) is 24.8 Å². The fourth-order valence-electron chi connectivity index (χ4n) is 4.24. The van der Waals surface area contributed by atoms with Crippen molar-refractivity contribution < 1.29 is 4.39 Å². The zero-order chi connectivity index (χ0) is 22.1. The topological polar surface area (TPSA) is 72.7 Å². The zero-order valence-electron chi connectivity index (χ0n) is 17.8. The highest BCUT2D eigenvalue weighted by atomic mass is 32.1. The molecule has 8 heteroatoms.